The molecule has 0 aliphatic carbocycles. The van der Waals surface area contributed by atoms with Gasteiger partial charge in [0, 0.05) is 37.6 Å². The first kappa shape index (κ1) is 21.2. The van der Waals surface area contributed by atoms with Crippen LogP contribution >= 0.6 is 0 Å². The van der Waals surface area contributed by atoms with Crippen LogP contribution in [0.15, 0.2) is 36.7 Å². The zero-order chi connectivity index (χ0) is 20.5. The van der Waals surface area contributed by atoms with Crippen LogP contribution in [0.25, 0.3) is 11.1 Å². The molecule has 1 aromatic heterocycles. The van der Waals surface area contributed by atoms with Crippen molar-refractivity contribution in [3.8, 4) is 11.1 Å². The molecule has 3 rings (SSSR count). The van der Waals surface area contributed by atoms with Crippen molar-refractivity contribution in [1.82, 2.24) is 15.3 Å². The molecule has 0 saturated carbocycles. The summed E-state index contributed by atoms with van der Waals surface area (Å²) < 4.78 is 13.1. The average molecular weight is 399 g/mol. The maximum absolute atomic E-state index is 13.1. The summed E-state index contributed by atoms with van der Waals surface area (Å²) in [6.07, 6.45) is 11.4. The van der Waals surface area contributed by atoms with E-state index in [4.69, 9.17) is 0 Å². The zero-order valence-corrected chi connectivity index (χ0v) is 17.2. The molecule has 1 aromatic carbocycles. The molecule has 0 spiro atoms. The van der Waals surface area contributed by atoms with Crippen molar-refractivity contribution in [2.75, 3.05) is 24.5 Å². The molecule has 29 heavy (non-hydrogen) atoms. The van der Waals surface area contributed by atoms with E-state index in [-0.39, 0.29) is 17.6 Å². The number of amides is 1. The molecule has 1 saturated heterocycles. The highest BCUT2D eigenvalue weighted by Gasteiger charge is 2.26. The minimum Gasteiger partial charge on any atom is -0.356 e. The van der Waals surface area contributed by atoms with Gasteiger partial charge in [-0.25, -0.2) is 14.4 Å². The fourth-order valence-electron chi connectivity index (χ4n) is 3.73. The molecule has 1 aliphatic heterocycles. The standard InChI is InChI=1S/C23H31FN4O/c1-2-3-4-5-6-13-25-22(29)19-8-7-14-28(17-19)23-26-15-20(16-27-23)18-9-11-21(24)12-10-18/h9-12,15-16,19H,2-8,13-14,17H2,1H3,(H,25,29). The number of carbonyl (C=O) groups is 1. The first-order chi connectivity index (χ1) is 14.2. The normalized spacial score (nSPS) is 16.6. The number of anilines is 1. The number of halogens is 1. The third kappa shape index (κ3) is 6.24. The Kier molecular flexibility index (Phi) is 7.96. The van der Waals surface area contributed by atoms with Crippen LogP contribution < -0.4 is 10.2 Å². The summed E-state index contributed by atoms with van der Waals surface area (Å²) in [4.78, 5) is 23.6. The largest absolute Gasteiger partial charge is 0.356 e. The van der Waals surface area contributed by atoms with E-state index in [1.54, 1.807) is 24.5 Å². The van der Waals surface area contributed by atoms with Gasteiger partial charge in [-0.15, -0.1) is 0 Å². The number of nitrogens with one attached hydrogen (secondary N) is 1. The molecular weight excluding hydrogens is 367 g/mol. The Labute approximate surface area is 172 Å². The molecule has 0 radical (unpaired) electrons. The highest BCUT2D eigenvalue weighted by atomic mass is 19.1. The molecule has 2 heterocycles. The number of aromatic nitrogens is 2. The summed E-state index contributed by atoms with van der Waals surface area (Å²) in [5, 5.41) is 3.10. The Morgan fingerprint density at radius 1 is 1.10 bits per heavy atom. The molecule has 1 N–H and O–H groups in total. The molecule has 2 aromatic rings. The third-order valence-corrected chi connectivity index (χ3v) is 5.47. The number of piperidine rings is 1. The van der Waals surface area contributed by atoms with Gasteiger partial charge in [0.1, 0.15) is 5.82 Å². The lowest BCUT2D eigenvalue weighted by Crippen LogP contribution is -2.43. The van der Waals surface area contributed by atoms with Gasteiger partial charge in [0.25, 0.3) is 0 Å². The van der Waals surface area contributed by atoms with Crippen LogP contribution in [0.5, 0.6) is 0 Å². The lowest BCUT2D eigenvalue weighted by molar-refractivity contribution is -0.125. The summed E-state index contributed by atoms with van der Waals surface area (Å²) in [6, 6.07) is 6.30. The Morgan fingerprint density at radius 2 is 1.83 bits per heavy atom. The molecule has 0 bridgehead atoms. The molecule has 1 aliphatic rings. The van der Waals surface area contributed by atoms with Gasteiger partial charge >= 0.3 is 0 Å². The van der Waals surface area contributed by atoms with E-state index in [1.807, 2.05) is 0 Å². The Morgan fingerprint density at radius 3 is 2.55 bits per heavy atom. The molecule has 6 heteroatoms. The second-order valence-corrected chi connectivity index (χ2v) is 7.77. The SMILES string of the molecule is CCCCCCCNC(=O)C1CCCN(c2ncc(-c3ccc(F)cc3)cn2)C1. The highest BCUT2D eigenvalue weighted by Crippen LogP contribution is 2.23. The number of carbonyl (C=O) groups excluding carboxylic acids is 1. The van der Waals surface area contributed by atoms with E-state index >= 15 is 0 Å². The minimum atomic E-state index is -0.259. The molecule has 1 atom stereocenters. The summed E-state index contributed by atoms with van der Waals surface area (Å²) in [6.45, 7) is 4.48. The first-order valence-electron chi connectivity index (χ1n) is 10.8. The van der Waals surface area contributed by atoms with E-state index in [9.17, 15) is 9.18 Å². The van der Waals surface area contributed by atoms with Crippen LogP contribution in [0, 0.1) is 11.7 Å². The number of unbranched alkanes of at least 4 members (excludes halogenated alkanes) is 4. The summed E-state index contributed by atoms with van der Waals surface area (Å²) in [5.74, 6) is 0.519. The first-order valence-corrected chi connectivity index (χ1v) is 10.8. The highest BCUT2D eigenvalue weighted by molar-refractivity contribution is 5.79. The summed E-state index contributed by atoms with van der Waals surface area (Å²) in [5.41, 5.74) is 1.73. The summed E-state index contributed by atoms with van der Waals surface area (Å²) >= 11 is 0. The Hall–Kier alpha value is -2.50. The van der Waals surface area contributed by atoms with E-state index in [2.05, 4.69) is 27.1 Å². The lowest BCUT2D eigenvalue weighted by Gasteiger charge is -2.32. The van der Waals surface area contributed by atoms with Crippen molar-refractivity contribution in [2.24, 2.45) is 5.92 Å². The van der Waals surface area contributed by atoms with Crippen LogP contribution in [0.2, 0.25) is 0 Å². The van der Waals surface area contributed by atoms with Crippen molar-refractivity contribution in [1.29, 1.82) is 0 Å². The Bertz CT molecular complexity index is 763. The van der Waals surface area contributed by atoms with Gasteiger partial charge in [0.15, 0.2) is 0 Å². The van der Waals surface area contributed by atoms with Crippen LogP contribution in [-0.4, -0.2) is 35.5 Å². The van der Waals surface area contributed by atoms with Crippen molar-refractivity contribution in [3.05, 3.63) is 42.5 Å². The van der Waals surface area contributed by atoms with Crippen LogP contribution in [0.3, 0.4) is 0 Å². The van der Waals surface area contributed by atoms with Gasteiger partial charge in [0.05, 0.1) is 5.92 Å². The van der Waals surface area contributed by atoms with E-state index in [0.717, 1.165) is 43.5 Å². The molecule has 5 nitrogen and oxygen atoms in total. The number of benzene rings is 1. The second-order valence-electron chi connectivity index (χ2n) is 7.77. The topological polar surface area (TPSA) is 58.1 Å². The predicted molar refractivity (Wildman–Crippen MR) is 114 cm³/mol. The fourth-order valence-corrected chi connectivity index (χ4v) is 3.73. The molecule has 1 amide bonds. The molecular formula is C23H31FN4O. The number of hydrogen-bond acceptors (Lipinski definition) is 4. The number of nitrogens with zero attached hydrogens (tertiary/aromatic N) is 3. The molecule has 156 valence electrons. The smallest absolute Gasteiger partial charge is 0.225 e. The monoisotopic (exact) mass is 398 g/mol. The van der Waals surface area contributed by atoms with Gasteiger partial charge in [-0.2, -0.15) is 0 Å². The second kappa shape index (κ2) is 10.9. The van der Waals surface area contributed by atoms with Crippen molar-refractivity contribution in [3.63, 3.8) is 0 Å². The summed E-state index contributed by atoms with van der Waals surface area (Å²) in [7, 11) is 0. The fraction of sp³-hybridized carbons (Fsp3) is 0.522. The lowest BCUT2D eigenvalue weighted by atomic mass is 9.97. The van der Waals surface area contributed by atoms with Gasteiger partial charge in [0.2, 0.25) is 11.9 Å². The van der Waals surface area contributed by atoms with Gasteiger partial charge in [-0.1, -0.05) is 44.7 Å². The van der Waals surface area contributed by atoms with Crippen LogP contribution in [0.4, 0.5) is 10.3 Å². The van der Waals surface area contributed by atoms with Gasteiger partial charge in [-0.05, 0) is 37.0 Å². The zero-order valence-electron chi connectivity index (χ0n) is 17.2. The van der Waals surface area contributed by atoms with Crippen LogP contribution in [0.1, 0.15) is 51.9 Å². The number of hydrogen-bond donors (Lipinski definition) is 1. The van der Waals surface area contributed by atoms with Crippen molar-refractivity contribution >= 4 is 11.9 Å². The van der Waals surface area contributed by atoms with Crippen LogP contribution in [-0.2, 0) is 4.79 Å². The number of rotatable bonds is 9. The third-order valence-electron chi connectivity index (χ3n) is 5.47. The van der Waals surface area contributed by atoms with Crippen molar-refractivity contribution in [2.45, 2.75) is 51.9 Å². The molecule has 1 fully saturated rings. The minimum absolute atomic E-state index is 0.0141. The van der Waals surface area contributed by atoms with Gasteiger partial charge in [-0.3, -0.25) is 4.79 Å². The maximum atomic E-state index is 13.1. The Balaban J connectivity index is 1.51. The quantitative estimate of drug-likeness (QED) is 0.628. The van der Waals surface area contributed by atoms with E-state index < -0.39 is 0 Å². The maximum Gasteiger partial charge on any atom is 0.225 e. The average Bonchev–Trinajstić information content (AvgIpc) is 2.77. The predicted octanol–water partition coefficient (Wildman–Crippen LogP) is 4.59. The van der Waals surface area contributed by atoms with Gasteiger partial charge < -0.3 is 10.2 Å². The van der Waals surface area contributed by atoms with E-state index in [1.165, 1.54) is 37.8 Å². The van der Waals surface area contributed by atoms with E-state index in [0.29, 0.717) is 12.5 Å². The van der Waals surface area contributed by atoms with Crippen molar-refractivity contribution < 1.29 is 9.18 Å². The molecule has 1 unspecified atom stereocenters.